The molecule has 1 fully saturated rings. The van der Waals surface area contributed by atoms with Crippen molar-refractivity contribution in [1.29, 1.82) is 0 Å². The summed E-state index contributed by atoms with van der Waals surface area (Å²) in [6.45, 7) is -0.102. The largest absolute Gasteiger partial charge is 0.475 e. The normalized spacial score (nSPS) is 18.3. The van der Waals surface area contributed by atoms with Crippen LogP contribution in [0.2, 0.25) is 0 Å². The minimum absolute atomic E-state index is 0.102. The lowest BCUT2D eigenvalue weighted by Gasteiger charge is -2.22. The van der Waals surface area contributed by atoms with Crippen LogP contribution >= 0.6 is 15.9 Å². The molecule has 1 saturated carbocycles. The predicted molar refractivity (Wildman–Crippen MR) is 72.0 cm³/mol. The highest BCUT2D eigenvalue weighted by molar-refractivity contribution is 9.10. The Morgan fingerprint density at radius 1 is 1.45 bits per heavy atom. The number of furan rings is 1. The molecular formula is C11H14BrNO6S. The molecule has 0 aliphatic heterocycles. The van der Waals surface area contributed by atoms with Crippen LogP contribution in [0.1, 0.15) is 36.2 Å². The predicted octanol–water partition coefficient (Wildman–Crippen LogP) is 1.32. The van der Waals surface area contributed by atoms with Crippen LogP contribution in [0.4, 0.5) is 0 Å². The molecule has 20 heavy (non-hydrogen) atoms. The van der Waals surface area contributed by atoms with E-state index in [1.165, 1.54) is 0 Å². The maximum atomic E-state index is 12.1. The van der Waals surface area contributed by atoms with Crippen molar-refractivity contribution in [3.05, 3.63) is 16.5 Å². The molecule has 0 atom stereocenters. The SMILES string of the molecule is O=C(O)c1cc(S(=O)(=O)NCC2(O)CCCC2)c(Br)o1. The summed E-state index contributed by atoms with van der Waals surface area (Å²) in [5.41, 5.74) is -1.03. The molecule has 0 unspecified atom stereocenters. The average Bonchev–Trinajstić information content (AvgIpc) is 2.94. The second-order valence-corrected chi connectivity index (χ2v) is 7.27. The van der Waals surface area contributed by atoms with Crippen molar-refractivity contribution in [3.63, 3.8) is 0 Å². The van der Waals surface area contributed by atoms with Crippen LogP contribution in [0.3, 0.4) is 0 Å². The fourth-order valence-corrected chi connectivity index (χ4v) is 4.22. The summed E-state index contributed by atoms with van der Waals surface area (Å²) in [5.74, 6) is -1.83. The van der Waals surface area contributed by atoms with E-state index in [9.17, 15) is 18.3 Å². The number of carboxylic acid groups (broad SMARTS) is 1. The van der Waals surface area contributed by atoms with Gasteiger partial charge in [0.2, 0.25) is 15.8 Å². The quantitative estimate of drug-likeness (QED) is 0.722. The maximum absolute atomic E-state index is 12.1. The van der Waals surface area contributed by atoms with Gasteiger partial charge in [-0.2, -0.15) is 0 Å². The highest BCUT2D eigenvalue weighted by Crippen LogP contribution is 2.30. The van der Waals surface area contributed by atoms with Gasteiger partial charge in [0, 0.05) is 12.6 Å². The summed E-state index contributed by atoms with van der Waals surface area (Å²) >= 11 is 2.88. The van der Waals surface area contributed by atoms with Gasteiger partial charge < -0.3 is 14.6 Å². The first-order valence-electron chi connectivity index (χ1n) is 5.98. The second kappa shape index (κ2) is 5.47. The minimum Gasteiger partial charge on any atom is -0.475 e. The molecule has 0 aromatic carbocycles. The van der Waals surface area contributed by atoms with Crippen molar-refractivity contribution in [3.8, 4) is 0 Å². The molecule has 0 saturated heterocycles. The van der Waals surface area contributed by atoms with Crippen LogP contribution in [0, 0.1) is 0 Å². The van der Waals surface area contributed by atoms with E-state index >= 15 is 0 Å². The van der Waals surface area contributed by atoms with Gasteiger partial charge in [-0.3, -0.25) is 0 Å². The van der Waals surface area contributed by atoms with Crippen molar-refractivity contribution < 1.29 is 27.8 Å². The number of rotatable bonds is 5. The minimum atomic E-state index is -3.94. The Morgan fingerprint density at radius 2 is 2.05 bits per heavy atom. The van der Waals surface area contributed by atoms with Crippen LogP contribution in [0.25, 0.3) is 0 Å². The lowest BCUT2D eigenvalue weighted by atomic mass is 10.0. The summed E-state index contributed by atoms with van der Waals surface area (Å²) < 4.78 is 31.1. The van der Waals surface area contributed by atoms with Crippen molar-refractivity contribution in [2.45, 2.75) is 36.2 Å². The van der Waals surface area contributed by atoms with E-state index in [0.717, 1.165) is 18.9 Å². The number of carboxylic acids is 1. The zero-order chi connectivity index (χ0) is 15.0. The number of nitrogens with one attached hydrogen (secondary N) is 1. The topological polar surface area (TPSA) is 117 Å². The lowest BCUT2D eigenvalue weighted by molar-refractivity contribution is 0.0531. The molecule has 9 heteroatoms. The fraction of sp³-hybridized carbons (Fsp3) is 0.545. The molecule has 1 aromatic rings. The van der Waals surface area contributed by atoms with Crippen molar-refractivity contribution >= 4 is 31.9 Å². The van der Waals surface area contributed by atoms with Gasteiger partial charge in [0.15, 0.2) is 4.67 Å². The Balaban J connectivity index is 2.16. The van der Waals surface area contributed by atoms with Crippen LogP contribution in [0.5, 0.6) is 0 Å². The number of halogens is 1. The summed E-state index contributed by atoms with van der Waals surface area (Å²) in [6.07, 6.45) is 2.80. The Bertz CT molecular complexity index is 617. The lowest BCUT2D eigenvalue weighted by Crippen LogP contribution is -2.40. The third-order valence-corrected chi connectivity index (χ3v) is 5.54. The van der Waals surface area contributed by atoms with E-state index in [-0.39, 0.29) is 16.1 Å². The smallest absolute Gasteiger partial charge is 0.371 e. The van der Waals surface area contributed by atoms with Gasteiger partial charge in [0.25, 0.3) is 0 Å². The van der Waals surface area contributed by atoms with Gasteiger partial charge in [-0.15, -0.1) is 0 Å². The van der Waals surface area contributed by atoms with E-state index < -0.39 is 27.4 Å². The third-order valence-electron chi connectivity index (χ3n) is 3.28. The first-order valence-corrected chi connectivity index (χ1v) is 8.26. The Morgan fingerprint density at radius 3 is 2.55 bits per heavy atom. The Hall–Kier alpha value is -0.900. The second-order valence-electron chi connectivity index (χ2n) is 4.81. The van der Waals surface area contributed by atoms with E-state index in [4.69, 9.17) is 9.52 Å². The third kappa shape index (κ3) is 3.22. The molecule has 7 nitrogen and oxygen atoms in total. The molecule has 1 aliphatic carbocycles. The molecular weight excluding hydrogens is 354 g/mol. The molecule has 0 bridgehead atoms. The average molecular weight is 368 g/mol. The zero-order valence-corrected chi connectivity index (χ0v) is 12.8. The standard InChI is InChI=1S/C11H14BrNO6S/c12-9-8(5-7(19-9)10(14)15)20(17,18)13-6-11(16)3-1-2-4-11/h5,13,16H,1-4,6H2,(H,14,15). The van der Waals surface area contributed by atoms with Crippen LogP contribution < -0.4 is 4.72 Å². The van der Waals surface area contributed by atoms with Crippen molar-refractivity contribution in [2.75, 3.05) is 6.54 Å². The van der Waals surface area contributed by atoms with Crippen LogP contribution in [-0.4, -0.2) is 36.7 Å². The number of sulfonamides is 1. The number of aromatic carboxylic acids is 1. The van der Waals surface area contributed by atoms with Gasteiger partial charge in [-0.25, -0.2) is 17.9 Å². The monoisotopic (exact) mass is 367 g/mol. The van der Waals surface area contributed by atoms with Gasteiger partial charge >= 0.3 is 5.97 Å². The number of carbonyl (C=O) groups is 1. The fourth-order valence-electron chi connectivity index (χ4n) is 2.16. The summed E-state index contributed by atoms with van der Waals surface area (Å²) in [7, 11) is -3.94. The zero-order valence-electron chi connectivity index (χ0n) is 10.4. The van der Waals surface area contributed by atoms with Crippen molar-refractivity contribution in [1.82, 2.24) is 4.72 Å². The first-order chi connectivity index (χ1) is 9.23. The van der Waals surface area contributed by atoms with Gasteiger partial charge in [0.1, 0.15) is 4.90 Å². The van der Waals surface area contributed by atoms with E-state index in [0.29, 0.717) is 12.8 Å². The molecule has 2 rings (SSSR count). The highest BCUT2D eigenvalue weighted by Gasteiger charge is 2.33. The van der Waals surface area contributed by atoms with E-state index in [1.807, 2.05) is 0 Å². The summed E-state index contributed by atoms with van der Waals surface area (Å²) in [4.78, 5) is 10.4. The molecule has 0 amide bonds. The Labute approximate surface area is 124 Å². The first kappa shape index (κ1) is 15.5. The molecule has 0 radical (unpaired) electrons. The molecule has 112 valence electrons. The molecule has 1 heterocycles. The van der Waals surface area contributed by atoms with Gasteiger partial charge in [-0.05, 0) is 28.8 Å². The molecule has 3 N–H and O–H groups in total. The maximum Gasteiger partial charge on any atom is 0.371 e. The van der Waals surface area contributed by atoms with Crippen LogP contribution in [-0.2, 0) is 10.0 Å². The van der Waals surface area contributed by atoms with Crippen LogP contribution in [0.15, 0.2) is 20.0 Å². The molecule has 1 aromatic heterocycles. The van der Waals surface area contributed by atoms with Gasteiger partial charge in [-0.1, -0.05) is 12.8 Å². The van der Waals surface area contributed by atoms with Gasteiger partial charge in [0.05, 0.1) is 5.60 Å². The highest BCUT2D eigenvalue weighted by atomic mass is 79.9. The number of aliphatic hydroxyl groups is 1. The summed E-state index contributed by atoms with van der Waals surface area (Å²) in [5, 5.41) is 18.9. The van der Waals surface area contributed by atoms with E-state index in [2.05, 4.69) is 20.7 Å². The Kier molecular flexibility index (Phi) is 4.24. The number of hydrogen-bond donors (Lipinski definition) is 3. The van der Waals surface area contributed by atoms with Crippen molar-refractivity contribution in [2.24, 2.45) is 0 Å². The molecule has 1 aliphatic rings. The number of hydrogen-bond acceptors (Lipinski definition) is 5. The van der Waals surface area contributed by atoms with E-state index in [1.54, 1.807) is 0 Å². The summed E-state index contributed by atoms with van der Waals surface area (Å²) in [6, 6.07) is 0.924. The molecule has 0 spiro atoms.